The molecule has 0 aromatic heterocycles. The number of aliphatic hydroxyl groups excluding tert-OH is 2. The van der Waals surface area contributed by atoms with E-state index in [2.05, 4.69) is 46.1 Å². The summed E-state index contributed by atoms with van der Waals surface area (Å²) in [6, 6.07) is 0. The van der Waals surface area contributed by atoms with Crippen LogP contribution in [-0.4, -0.2) is 39.9 Å². The lowest BCUT2D eigenvalue weighted by Crippen LogP contribution is -2.50. The number of hydrogen-bond donors (Lipinski definition) is 2. The highest BCUT2D eigenvalue weighted by Gasteiger charge is 2.49. The van der Waals surface area contributed by atoms with Gasteiger partial charge in [-0.3, -0.25) is 4.79 Å². The first-order valence-corrected chi connectivity index (χ1v) is 9.49. The van der Waals surface area contributed by atoms with E-state index in [1.54, 1.807) is 19.9 Å². The Labute approximate surface area is 158 Å². The number of aliphatic hydroxyl groups is 2. The van der Waals surface area contributed by atoms with Gasteiger partial charge in [-0.25, -0.2) is 0 Å². The SMILES string of the molecule is C=CC[C@H](C)[C@H](O)C(=O)[C@H](O)[C@]1(C)CC[C@H](C(C)(C)/C=C/[C@@H](C)C=C)O1. The highest BCUT2D eigenvalue weighted by Crippen LogP contribution is 2.42. The standard InChI is InChI=1S/C22H36O4/c1-8-10-16(4)18(23)19(24)20(25)22(7)14-12-17(26-22)21(5,6)13-11-15(3)9-2/h8-9,11,13,15-18,20,23,25H,1-2,10,12,14H2,3-7H3/b13-11+/t15-,16-,17+,18-,20-,22-/m0/s1. The van der Waals surface area contributed by atoms with Gasteiger partial charge in [-0.2, -0.15) is 0 Å². The Hall–Kier alpha value is -1.23. The Morgan fingerprint density at radius 1 is 1.35 bits per heavy atom. The minimum absolute atomic E-state index is 0.106. The first-order chi connectivity index (χ1) is 12.0. The molecule has 0 spiro atoms. The molecule has 6 atom stereocenters. The molecular weight excluding hydrogens is 328 g/mol. The van der Waals surface area contributed by atoms with Crippen molar-refractivity contribution in [1.29, 1.82) is 0 Å². The predicted octanol–water partition coefficient (Wildman–Crippen LogP) is 3.83. The summed E-state index contributed by atoms with van der Waals surface area (Å²) in [7, 11) is 0. The van der Waals surface area contributed by atoms with Gasteiger partial charge < -0.3 is 14.9 Å². The van der Waals surface area contributed by atoms with Gasteiger partial charge in [-0.1, -0.05) is 52.0 Å². The van der Waals surface area contributed by atoms with Crippen molar-refractivity contribution in [3.8, 4) is 0 Å². The summed E-state index contributed by atoms with van der Waals surface area (Å²) in [6.07, 6.45) is 6.91. The maximum atomic E-state index is 12.5. The molecule has 1 aliphatic rings. The van der Waals surface area contributed by atoms with E-state index in [9.17, 15) is 15.0 Å². The number of hydrogen-bond acceptors (Lipinski definition) is 4. The van der Waals surface area contributed by atoms with Crippen LogP contribution in [0.15, 0.2) is 37.5 Å². The highest BCUT2D eigenvalue weighted by molar-refractivity contribution is 5.88. The van der Waals surface area contributed by atoms with Crippen molar-refractivity contribution in [1.82, 2.24) is 0 Å². The van der Waals surface area contributed by atoms with Crippen molar-refractivity contribution in [2.45, 2.75) is 77.8 Å². The highest BCUT2D eigenvalue weighted by atomic mass is 16.5. The third-order valence-corrected chi connectivity index (χ3v) is 5.56. The van der Waals surface area contributed by atoms with Gasteiger partial charge in [0.15, 0.2) is 5.78 Å². The van der Waals surface area contributed by atoms with E-state index in [1.807, 2.05) is 6.08 Å². The van der Waals surface area contributed by atoms with Crippen molar-refractivity contribution in [2.24, 2.45) is 17.3 Å². The van der Waals surface area contributed by atoms with Crippen LogP contribution in [0.2, 0.25) is 0 Å². The van der Waals surface area contributed by atoms with E-state index in [-0.39, 0.29) is 23.4 Å². The van der Waals surface area contributed by atoms with Crippen LogP contribution in [0, 0.1) is 17.3 Å². The Morgan fingerprint density at radius 3 is 2.50 bits per heavy atom. The minimum atomic E-state index is -1.35. The molecule has 0 radical (unpaired) electrons. The molecule has 2 N–H and O–H groups in total. The van der Waals surface area contributed by atoms with Crippen molar-refractivity contribution >= 4 is 5.78 Å². The summed E-state index contributed by atoms with van der Waals surface area (Å²) in [4.78, 5) is 12.5. The lowest BCUT2D eigenvalue weighted by molar-refractivity contribution is -0.162. The molecule has 1 fully saturated rings. The molecule has 26 heavy (non-hydrogen) atoms. The lowest BCUT2D eigenvalue weighted by atomic mass is 9.83. The third-order valence-electron chi connectivity index (χ3n) is 5.56. The van der Waals surface area contributed by atoms with Gasteiger partial charge in [0.1, 0.15) is 12.2 Å². The molecule has 0 aromatic rings. The summed E-state index contributed by atoms with van der Waals surface area (Å²) in [5, 5.41) is 20.8. The van der Waals surface area contributed by atoms with Crippen LogP contribution in [0.1, 0.15) is 53.9 Å². The topological polar surface area (TPSA) is 66.8 Å². The molecule has 0 saturated carbocycles. The van der Waals surface area contributed by atoms with Gasteiger partial charge >= 0.3 is 0 Å². The zero-order valence-electron chi connectivity index (χ0n) is 16.9. The molecular formula is C22H36O4. The van der Waals surface area contributed by atoms with E-state index in [0.29, 0.717) is 12.8 Å². The minimum Gasteiger partial charge on any atom is -0.385 e. The Bertz CT molecular complexity index is 536. The molecule has 4 nitrogen and oxygen atoms in total. The first kappa shape index (κ1) is 22.8. The van der Waals surface area contributed by atoms with Crippen LogP contribution in [-0.2, 0) is 9.53 Å². The van der Waals surface area contributed by atoms with Crippen LogP contribution in [0.25, 0.3) is 0 Å². The second kappa shape index (κ2) is 9.12. The molecule has 1 rings (SSSR count). The summed E-state index contributed by atoms with van der Waals surface area (Å²) in [5.74, 6) is -0.581. The van der Waals surface area contributed by atoms with Gasteiger partial charge in [-0.15, -0.1) is 13.2 Å². The van der Waals surface area contributed by atoms with Gasteiger partial charge in [0.05, 0.1) is 11.7 Å². The molecule has 0 bridgehead atoms. The number of rotatable bonds is 10. The molecule has 1 heterocycles. The van der Waals surface area contributed by atoms with E-state index in [0.717, 1.165) is 6.42 Å². The Morgan fingerprint density at radius 2 is 1.96 bits per heavy atom. The lowest BCUT2D eigenvalue weighted by Gasteiger charge is -2.35. The number of ketones is 1. The summed E-state index contributed by atoms with van der Waals surface area (Å²) in [6.45, 7) is 17.2. The maximum absolute atomic E-state index is 12.5. The first-order valence-electron chi connectivity index (χ1n) is 9.49. The van der Waals surface area contributed by atoms with Crippen LogP contribution < -0.4 is 0 Å². The van der Waals surface area contributed by atoms with Gasteiger partial charge in [0, 0.05) is 5.41 Å². The van der Waals surface area contributed by atoms with E-state index in [4.69, 9.17) is 4.74 Å². The van der Waals surface area contributed by atoms with E-state index in [1.165, 1.54) is 0 Å². The monoisotopic (exact) mass is 364 g/mol. The fraction of sp³-hybridized carbons (Fsp3) is 0.682. The zero-order chi connectivity index (χ0) is 20.1. The smallest absolute Gasteiger partial charge is 0.192 e. The zero-order valence-corrected chi connectivity index (χ0v) is 16.9. The van der Waals surface area contributed by atoms with Crippen LogP contribution in [0.5, 0.6) is 0 Å². The number of carbonyl (C=O) groups excluding carboxylic acids is 1. The average Bonchev–Trinajstić information content (AvgIpc) is 3.02. The fourth-order valence-electron chi connectivity index (χ4n) is 3.31. The number of carbonyl (C=O) groups is 1. The predicted molar refractivity (Wildman–Crippen MR) is 106 cm³/mol. The van der Waals surface area contributed by atoms with Crippen molar-refractivity contribution in [3.05, 3.63) is 37.5 Å². The van der Waals surface area contributed by atoms with Crippen LogP contribution in [0.4, 0.5) is 0 Å². The normalized spacial score (nSPS) is 28.5. The molecule has 1 saturated heterocycles. The molecule has 148 valence electrons. The largest absolute Gasteiger partial charge is 0.385 e. The molecule has 4 heteroatoms. The molecule has 0 amide bonds. The number of allylic oxidation sites excluding steroid dienone is 3. The summed E-state index contributed by atoms with van der Waals surface area (Å²) < 4.78 is 6.17. The average molecular weight is 365 g/mol. The van der Waals surface area contributed by atoms with E-state index < -0.39 is 23.6 Å². The summed E-state index contributed by atoms with van der Waals surface area (Å²) >= 11 is 0. The Balaban J connectivity index is 2.83. The molecule has 0 aromatic carbocycles. The van der Waals surface area contributed by atoms with Crippen LogP contribution >= 0.6 is 0 Å². The van der Waals surface area contributed by atoms with Gasteiger partial charge in [0.25, 0.3) is 0 Å². The summed E-state index contributed by atoms with van der Waals surface area (Å²) in [5.41, 5.74) is -1.21. The fourth-order valence-corrected chi connectivity index (χ4v) is 3.31. The third kappa shape index (κ3) is 5.38. The van der Waals surface area contributed by atoms with Gasteiger partial charge in [0.2, 0.25) is 0 Å². The molecule has 0 unspecified atom stereocenters. The molecule has 1 aliphatic heterocycles. The number of ether oxygens (including phenoxy) is 1. The quantitative estimate of drug-likeness (QED) is 0.578. The van der Waals surface area contributed by atoms with Crippen molar-refractivity contribution in [2.75, 3.05) is 0 Å². The van der Waals surface area contributed by atoms with Gasteiger partial charge in [-0.05, 0) is 38.0 Å². The second-order valence-electron chi connectivity index (χ2n) is 8.48. The number of Topliss-reactive ketones (excluding diaryl/α,β-unsaturated/α-hetero) is 1. The van der Waals surface area contributed by atoms with Crippen LogP contribution in [0.3, 0.4) is 0 Å². The second-order valence-corrected chi connectivity index (χ2v) is 8.48. The van der Waals surface area contributed by atoms with Crippen molar-refractivity contribution < 1.29 is 19.7 Å². The van der Waals surface area contributed by atoms with Crippen molar-refractivity contribution in [3.63, 3.8) is 0 Å². The maximum Gasteiger partial charge on any atom is 0.192 e. The van der Waals surface area contributed by atoms with E-state index >= 15 is 0 Å². The molecule has 0 aliphatic carbocycles. The Kier molecular flexibility index (Phi) is 8.00.